The third kappa shape index (κ3) is 2.54. The van der Waals surface area contributed by atoms with Crippen LogP contribution in [0.2, 0.25) is 0 Å². The van der Waals surface area contributed by atoms with Gasteiger partial charge >= 0.3 is 5.76 Å². The average molecular weight is 364 g/mol. The minimum absolute atomic E-state index is 0.0251. The van der Waals surface area contributed by atoms with Crippen molar-refractivity contribution in [1.82, 2.24) is 4.57 Å². The van der Waals surface area contributed by atoms with Crippen molar-refractivity contribution in [2.24, 2.45) is 7.05 Å². The van der Waals surface area contributed by atoms with Crippen molar-refractivity contribution in [3.63, 3.8) is 0 Å². The molecule has 4 aromatic rings. The Morgan fingerprint density at radius 3 is 2.65 bits per heavy atom. The SMILES string of the molecule is Cc1cc(-c2ccc(C#N)c(F)c2)c(-c2ccc3oc(=O)n(C)c3c2)s1. The molecule has 0 aliphatic heterocycles. The number of aromatic nitrogens is 1. The summed E-state index contributed by atoms with van der Waals surface area (Å²) in [5.74, 6) is -0.943. The predicted molar refractivity (Wildman–Crippen MR) is 99.6 cm³/mol. The van der Waals surface area contributed by atoms with E-state index < -0.39 is 11.6 Å². The molecule has 0 N–H and O–H groups in total. The number of hydrogen-bond donors (Lipinski definition) is 0. The zero-order valence-electron chi connectivity index (χ0n) is 14.0. The number of benzene rings is 2. The lowest BCUT2D eigenvalue weighted by Crippen LogP contribution is -2.08. The molecule has 0 aliphatic carbocycles. The minimum Gasteiger partial charge on any atom is -0.408 e. The summed E-state index contributed by atoms with van der Waals surface area (Å²) in [5.41, 5.74) is 3.78. The van der Waals surface area contributed by atoms with Gasteiger partial charge < -0.3 is 4.42 Å². The van der Waals surface area contributed by atoms with Crippen molar-refractivity contribution in [3.8, 4) is 27.6 Å². The van der Waals surface area contributed by atoms with E-state index in [0.717, 1.165) is 20.9 Å². The van der Waals surface area contributed by atoms with Crippen LogP contribution >= 0.6 is 11.3 Å². The normalized spacial score (nSPS) is 11.0. The molecule has 4 nitrogen and oxygen atoms in total. The van der Waals surface area contributed by atoms with Crippen LogP contribution in [0.1, 0.15) is 10.4 Å². The van der Waals surface area contributed by atoms with Crippen molar-refractivity contribution in [3.05, 3.63) is 69.3 Å². The number of hydrogen-bond acceptors (Lipinski definition) is 4. The number of rotatable bonds is 2. The molecule has 0 saturated heterocycles. The number of nitriles is 1. The number of aryl methyl sites for hydroxylation is 2. The van der Waals surface area contributed by atoms with E-state index >= 15 is 0 Å². The second-order valence-electron chi connectivity index (χ2n) is 6.02. The molecule has 0 unspecified atom stereocenters. The van der Waals surface area contributed by atoms with Crippen molar-refractivity contribution in [2.75, 3.05) is 0 Å². The standard InChI is InChI=1S/C20H13FN2O2S/c1-11-7-15(12-3-4-14(10-22)16(21)8-12)19(26-11)13-5-6-18-17(9-13)23(2)20(24)25-18/h3-9H,1-2H3. The van der Waals surface area contributed by atoms with Gasteiger partial charge in [0, 0.05) is 22.4 Å². The molecular formula is C20H13FN2O2S. The summed E-state index contributed by atoms with van der Waals surface area (Å²) in [6.07, 6.45) is 0. The van der Waals surface area contributed by atoms with E-state index in [0.29, 0.717) is 16.7 Å². The number of nitrogens with zero attached hydrogens (tertiary/aromatic N) is 2. The number of oxazole rings is 1. The molecule has 2 aromatic carbocycles. The molecule has 2 aromatic heterocycles. The number of thiophene rings is 1. The molecular weight excluding hydrogens is 351 g/mol. The number of halogens is 1. The Kier molecular flexibility index (Phi) is 3.74. The smallest absolute Gasteiger partial charge is 0.408 e. The van der Waals surface area contributed by atoms with E-state index in [1.165, 1.54) is 16.7 Å². The van der Waals surface area contributed by atoms with Crippen LogP contribution in [0.5, 0.6) is 0 Å². The number of fused-ring (bicyclic) bond motifs is 1. The second kappa shape index (κ2) is 5.97. The summed E-state index contributed by atoms with van der Waals surface area (Å²) in [5, 5.41) is 8.92. The van der Waals surface area contributed by atoms with E-state index in [-0.39, 0.29) is 5.56 Å². The summed E-state index contributed by atoms with van der Waals surface area (Å²) < 4.78 is 20.7. The Bertz CT molecular complexity index is 1260. The van der Waals surface area contributed by atoms with Crippen molar-refractivity contribution >= 4 is 22.4 Å². The van der Waals surface area contributed by atoms with Gasteiger partial charge in [-0.25, -0.2) is 9.18 Å². The van der Waals surface area contributed by atoms with E-state index in [9.17, 15) is 9.18 Å². The van der Waals surface area contributed by atoms with Gasteiger partial charge in [-0.1, -0.05) is 6.07 Å². The lowest BCUT2D eigenvalue weighted by Gasteiger charge is -2.06. The van der Waals surface area contributed by atoms with Gasteiger partial charge in [-0.2, -0.15) is 5.26 Å². The van der Waals surface area contributed by atoms with Gasteiger partial charge in [0.1, 0.15) is 11.9 Å². The Balaban J connectivity index is 1.91. The summed E-state index contributed by atoms with van der Waals surface area (Å²) in [6, 6.07) is 14.0. The molecule has 0 saturated carbocycles. The van der Waals surface area contributed by atoms with E-state index in [2.05, 4.69) is 0 Å². The maximum Gasteiger partial charge on any atom is 0.419 e. The predicted octanol–water partition coefficient (Wildman–Crippen LogP) is 4.85. The van der Waals surface area contributed by atoms with E-state index in [4.69, 9.17) is 9.68 Å². The maximum absolute atomic E-state index is 14.1. The van der Waals surface area contributed by atoms with Crippen LogP contribution < -0.4 is 5.76 Å². The van der Waals surface area contributed by atoms with Crippen molar-refractivity contribution < 1.29 is 8.81 Å². The van der Waals surface area contributed by atoms with Crippen LogP contribution in [0.3, 0.4) is 0 Å². The molecule has 26 heavy (non-hydrogen) atoms. The van der Waals surface area contributed by atoms with Crippen LogP contribution in [0.4, 0.5) is 4.39 Å². The maximum atomic E-state index is 14.1. The Labute approximate surface area is 152 Å². The fraction of sp³-hybridized carbons (Fsp3) is 0.100. The lowest BCUT2D eigenvalue weighted by molar-refractivity contribution is 0.528. The van der Waals surface area contributed by atoms with Gasteiger partial charge in [0.15, 0.2) is 5.58 Å². The van der Waals surface area contributed by atoms with Gasteiger partial charge in [-0.05, 0) is 54.4 Å². The zero-order valence-corrected chi connectivity index (χ0v) is 14.9. The first-order valence-corrected chi connectivity index (χ1v) is 8.70. The van der Waals surface area contributed by atoms with E-state index in [1.54, 1.807) is 30.5 Å². The molecule has 6 heteroatoms. The molecule has 0 radical (unpaired) electrons. The lowest BCUT2D eigenvalue weighted by atomic mass is 10.0. The minimum atomic E-state index is -0.535. The summed E-state index contributed by atoms with van der Waals surface area (Å²) in [6.45, 7) is 1.99. The Morgan fingerprint density at radius 2 is 1.92 bits per heavy atom. The molecule has 0 aliphatic rings. The first-order chi connectivity index (χ1) is 12.5. The molecule has 0 bridgehead atoms. The summed E-state index contributed by atoms with van der Waals surface area (Å²) in [7, 11) is 1.66. The highest BCUT2D eigenvalue weighted by atomic mass is 32.1. The largest absolute Gasteiger partial charge is 0.419 e. The third-order valence-electron chi connectivity index (χ3n) is 4.31. The van der Waals surface area contributed by atoms with Crippen LogP contribution in [0.15, 0.2) is 51.7 Å². The molecule has 2 heterocycles. The molecule has 0 fully saturated rings. The average Bonchev–Trinajstić information content (AvgIpc) is 3.15. The highest BCUT2D eigenvalue weighted by molar-refractivity contribution is 7.16. The monoisotopic (exact) mass is 364 g/mol. The van der Waals surface area contributed by atoms with Gasteiger partial charge in [0.25, 0.3) is 0 Å². The zero-order chi connectivity index (χ0) is 18.4. The topological polar surface area (TPSA) is 58.9 Å². The summed E-state index contributed by atoms with van der Waals surface area (Å²) >= 11 is 1.59. The molecule has 4 rings (SSSR count). The van der Waals surface area contributed by atoms with E-state index in [1.807, 2.05) is 31.2 Å². The highest BCUT2D eigenvalue weighted by Gasteiger charge is 2.15. The fourth-order valence-electron chi connectivity index (χ4n) is 2.98. The highest BCUT2D eigenvalue weighted by Crippen LogP contribution is 2.40. The quantitative estimate of drug-likeness (QED) is 0.511. The van der Waals surface area contributed by atoms with Crippen molar-refractivity contribution in [2.45, 2.75) is 6.92 Å². The third-order valence-corrected chi connectivity index (χ3v) is 5.41. The molecule has 0 atom stereocenters. The first-order valence-electron chi connectivity index (χ1n) is 7.88. The van der Waals surface area contributed by atoms with Crippen LogP contribution in [-0.4, -0.2) is 4.57 Å². The van der Waals surface area contributed by atoms with Crippen molar-refractivity contribution in [1.29, 1.82) is 5.26 Å². The van der Waals surface area contributed by atoms with Gasteiger partial charge in [-0.3, -0.25) is 4.57 Å². The summed E-state index contributed by atoms with van der Waals surface area (Å²) in [4.78, 5) is 13.8. The van der Waals surface area contributed by atoms with Crippen LogP contribution in [-0.2, 0) is 7.05 Å². The van der Waals surface area contributed by atoms with Crippen LogP contribution in [0, 0.1) is 24.1 Å². The van der Waals surface area contributed by atoms with Gasteiger partial charge in [0.2, 0.25) is 0 Å². The van der Waals surface area contributed by atoms with Crippen LogP contribution in [0.25, 0.3) is 32.7 Å². The Hall–Kier alpha value is -3.17. The fourth-order valence-corrected chi connectivity index (χ4v) is 4.01. The Morgan fingerprint density at radius 1 is 1.15 bits per heavy atom. The molecule has 0 amide bonds. The first kappa shape index (κ1) is 16.3. The molecule has 128 valence electrons. The second-order valence-corrected chi connectivity index (χ2v) is 7.27. The molecule has 0 spiro atoms. The van der Waals surface area contributed by atoms with Gasteiger partial charge in [-0.15, -0.1) is 11.3 Å². The van der Waals surface area contributed by atoms with Gasteiger partial charge in [0.05, 0.1) is 11.1 Å².